The maximum atomic E-state index is 13.2. The van der Waals surface area contributed by atoms with Crippen molar-refractivity contribution in [2.24, 2.45) is 4.99 Å². The van der Waals surface area contributed by atoms with E-state index in [0.29, 0.717) is 28.3 Å². The van der Waals surface area contributed by atoms with Crippen molar-refractivity contribution in [1.29, 1.82) is 0 Å². The summed E-state index contributed by atoms with van der Waals surface area (Å²) in [5, 5.41) is 0. The first-order valence-electron chi connectivity index (χ1n) is 9.24. The number of pyridine rings is 1. The Balaban J connectivity index is 2.03. The van der Waals surface area contributed by atoms with E-state index in [4.69, 9.17) is 19.2 Å². The van der Waals surface area contributed by atoms with Crippen molar-refractivity contribution in [3.63, 3.8) is 0 Å². The van der Waals surface area contributed by atoms with Gasteiger partial charge in [0.15, 0.2) is 11.5 Å². The van der Waals surface area contributed by atoms with Crippen LogP contribution in [0.4, 0.5) is 0 Å². The first-order valence-corrected chi connectivity index (χ1v) is 9.24. The lowest BCUT2D eigenvalue weighted by atomic mass is 9.96. The van der Waals surface area contributed by atoms with Crippen molar-refractivity contribution in [1.82, 2.24) is 4.57 Å². The Hall–Kier alpha value is -2.76. The molecule has 6 heteroatoms. The Morgan fingerprint density at radius 1 is 1.00 bits per heavy atom. The number of aromatic nitrogens is 1. The van der Waals surface area contributed by atoms with E-state index in [1.807, 2.05) is 18.2 Å². The number of benzene rings is 1. The molecule has 3 rings (SSSR count). The van der Waals surface area contributed by atoms with Crippen molar-refractivity contribution < 1.29 is 19.0 Å². The zero-order chi connectivity index (χ0) is 19.2. The average Bonchev–Trinajstić information content (AvgIpc) is 2.73. The Labute approximate surface area is 159 Å². The van der Waals surface area contributed by atoms with Gasteiger partial charge in [0, 0.05) is 11.8 Å². The topological polar surface area (TPSA) is 62.1 Å². The van der Waals surface area contributed by atoms with Crippen LogP contribution in [0, 0.1) is 0 Å². The molecule has 1 saturated carbocycles. The molecule has 0 amide bonds. The zero-order valence-electron chi connectivity index (χ0n) is 16.1. The van der Waals surface area contributed by atoms with E-state index in [2.05, 4.69) is 0 Å². The predicted molar refractivity (Wildman–Crippen MR) is 103 cm³/mol. The van der Waals surface area contributed by atoms with Gasteiger partial charge in [0.1, 0.15) is 5.49 Å². The molecule has 1 heterocycles. The summed E-state index contributed by atoms with van der Waals surface area (Å²) < 4.78 is 17.6. The van der Waals surface area contributed by atoms with Gasteiger partial charge in [-0.15, -0.1) is 0 Å². The summed E-state index contributed by atoms with van der Waals surface area (Å²) in [6, 6.07) is 9.21. The summed E-state index contributed by atoms with van der Waals surface area (Å²) >= 11 is 0. The number of nitrogens with zero attached hydrogens (tertiary/aromatic N) is 2. The van der Waals surface area contributed by atoms with Gasteiger partial charge in [0.25, 0.3) is 5.91 Å². The quantitative estimate of drug-likeness (QED) is 0.809. The number of rotatable bonds is 5. The first-order chi connectivity index (χ1) is 13.2. The Morgan fingerprint density at radius 2 is 1.67 bits per heavy atom. The minimum Gasteiger partial charge on any atom is -0.493 e. The molecular weight excluding hydrogens is 344 g/mol. The third-order valence-corrected chi connectivity index (χ3v) is 4.86. The van der Waals surface area contributed by atoms with Gasteiger partial charge < -0.3 is 14.2 Å². The van der Waals surface area contributed by atoms with E-state index in [1.165, 1.54) is 40.6 Å². The zero-order valence-corrected chi connectivity index (χ0v) is 16.1. The fourth-order valence-corrected chi connectivity index (χ4v) is 3.45. The van der Waals surface area contributed by atoms with Gasteiger partial charge >= 0.3 is 0 Å². The normalized spacial score (nSPS) is 15.4. The number of hydrogen-bond acceptors (Lipinski definition) is 5. The molecule has 0 radical (unpaired) electrons. The van der Waals surface area contributed by atoms with Crippen LogP contribution in [0.25, 0.3) is 0 Å². The SMILES string of the molecule is COc1cc(C(=O)n2ccccc2=NC2CCCCC2)cc(OC)c1OC. The fraction of sp³-hybridized carbons (Fsp3) is 0.429. The minimum atomic E-state index is -0.190. The Bertz CT molecular complexity index is 841. The maximum absolute atomic E-state index is 13.2. The first kappa shape index (κ1) is 19.0. The van der Waals surface area contributed by atoms with Crippen molar-refractivity contribution in [3.8, 4) is 17.2 Å². The molecule has 2 aromatic rings. The van der Waals surface area contributed by atoms with Gasteiger partial charge in [-0.1, -0.05) is 25.3 Å². The molecule has 1 aliphatic rings. The predicted octanol–water partition coefficient (Wildman–Crippen LogP) is 3.44. The molecule has 0 N–H and O–H groups in total. The lowest BCUT2D eigenvalue weighted by Gasteiger charge is -2.18. The molecule has 1 aliphatic carbocycles. The van der Waals surface area contributed by atoms with Crippen LogP contribution in [-0.2, 0) is 0 Å². The van der Waals surface area contributed by atoms with Gasteiger partial charge in [0.2, 0.25) is 5.75 Å². The Morgan fingerprint density at radius 3 is 2.26 bits per heavy atom. The van der Waals surface area contributed by atoms with E-state index < -0.39 is 0 Å². The van der Waals surface area contributed by atoms with Crippen LogP contribution < -0.4 is 19.7 Å². The maximum Gasteiger partial charge on any atom is 0.263 e. The van der Waals surface area contributed by atoms with E-state index in [-0.39, 0.29) is 11.9 Å². The third-order valence-electron chi connectivity index (χ3n) is 4.86. The van der Waals surface area contributed by atoms with E-state index in [0.717, 1.165) is 12.8 Å². The monoisotopic (exact) mass is 370 g/mol. The highest BCUT2D eigenvalue weighted by molar-refractivity contribution is 5.97. The molecule has 0 bridgehead atoms. The van der Waals surface area contributed by atoms with Gasteiger partial charge in [-0.2, -0.15) is 0 Å². The molecule has 0 unspecified atom stereocenters. The van der Waals surface area contributed by atoms with Gasteiger partial charge in [-0.3, -0.25) is 14.4 Å². The molecule has 144 valence electrons. The third kappa shape index (κ3) is 4.15. The second kappa shape index (κ2) is 8.75. The van der Waals surface area contributed by atoms with Crippen LogP contribution in [0.1, 0.15) is 42.5 Å². The molecule has 0 saturated heterocycles. The molecule has 27 heavy (non-hydrogen) atoms. The smallest absolute Gasteiger partial charge is 0.263 e. The van der Waals surface area contributed by atoms with Crippen LogP contribution in [0.5, 0.6) is 17.2 Å². The standard InChI is InChI=1S/C21H26N2O4/c1-25-17-13-15(14-18(26-2)20(17)27-3)21(24)23-12-8-7-11-19(23)22-16-9-5-4-6-10-16/h7-8,11-14,16H,4-6,9-10H2,1-3H3. The molecule has 0 atom stereocenters. The lowest BCUT2D eigenvalue weighted by Crippen LogP contribution is -2.29. The van der Waals surface area contributed by atoms with E-state index in [1.54, 1.807) is 22.9 Å². The van der Waals surface area contributed by atoms with Gasteiger partial charge in [-0.05, 0) is 37.1 Å². The van der Waals surface area contributed by atoms with Crippen LogP contribution >= 0.6 is 0 Å². The Kier molecular flexibility index (Phi) is 6.16. The fourth-order valence-electron chi connectivity index (χ4n) is 3.45. The summed E-state index contributed by atoms with van der Waals surface area (Å²) in [7, 11) is 4.60. The number of hydrogen-bond donors (Lipinski definition) is 0. The lowest BCUT2D eigenvalue weighted by molar-refractivity contribution is 0.0953. The van der Waals surface area contributed by atoms with E-state index >= 15 is 0 Å². The van der Waals surface area contributed by atoms with Crippen LogP contribution in [0.3, 0.4) is 0 Å². The van der Waals surface area contributed by atoms with Crippen molar-refractivity contribution in [2.75, 3.05) is 21.3 Å². The van der Waals surface area contributed by atoms with E-state index in [9.17, 15) is 4.79 Å². The summed E-state index contributed by atoms with van der Waals surface area (Å²) in [5.74, 6) is 1.16. The van der Waals surface area contributed by atoms with Gasteiger partial charge in [-0.25, -0.2) is 0 Å². The highest BCUT2D eigenvalue weighted by Crippen LogP contribution is 2.38. The van der Waals surface area contributed by atoms with Crippen LogP contribution in [0.2, 0.25) is 0 Å². The molecule has 0 aliphatic heterocycles. The average molecular weight is 370 g/mol. The second-order valence-electron chi connectivity index (χ2n) is 6.57. The summed E-state index contributed by atoms with van der Waals surface area (Å²) in [4.78, 5) is 18.0. The van der Waals surface area contributed by atoms with Gasteiger partial charge in [0.05, 0.1) is 27.4 Å². The summed E-state index contributed by atoms with van der Waals surface area (Å²) in [5.41, 5.74) is 1.11. The molecular formula is C21H26N2O4. The molecule has 1 aromatic carbocycles. The minimum absolute atomic E-state index is 0.190. The van der Waals surface area contributed by atoms with Crippen molar-refractivity contribution in [3.05, 3.63) is 47.6 Å². The summed E-state index contributed by atoms with van der Waals surface area (Å²) in [6.45, 7) is 0. The number of carbonyl (C=O) groups excluding carboxylic acids is 1. The molecule has 1 aromatic heterocycles. The van der Waals surface area contributed by atoms with Crippen LogP contribution in [0.15, 0.2) is 41.5 Å². The van der Waals surface area contributed by atoms with Crippen molar-refractivity contribution >= 4 is 5.91 Å². The summed E-state index contributed by atoms with van der Waals surface area (Å²) in [6.07, 6.45) is 7.56. The highest BCUT2D eigenvalue weighted by Gasteiger charge is 2.19. The van der Waals surface area contributed by atoms with Crippen molar-refractivity contribution in [2.45, 2.75) is 38.1 Å². The number of carbonyl (C=O) groups is 1. The molecule has 1 fully saturated rings. The largest absolute Gasteiger partial charge is 0.493 e. The second-order valence-corrected chi connectivity index (χ2v) is 6.57. The number of ether oxygens (including phenoxy) is 3. The number of methoxy groups -OCH3 is 3. The highest BCUT2D eigenvalue weighted by atomic mass is 16.5. The molecule has 6 nitrogen and oxygen atoms in total. The van der Waals surface area contributed by atoms with Crippen LogP contribution in [-0.4, -0.2) is 37.8 Å². The molecule has 0 spiro atoms.